The Kier molecular flexibility index (Phi) is 4.65. The molecule has 3 N–H and O–H groups in total. The topological polar surface area (TPSA) is 108 Å². The fourth-order valence-electron chi connectivity index (χ4n) is 4.07. The molecule has 2 aromatic rings. The maximum absolute atomic E-state index is 12.7. The number of nitrogens with zero attached hydrogens (tertiary/aromatic N) is 1. The molecule has 0 aliphatic heterocycles. The highest BCUT2D eigenvalue weighted by Crippen LogP contribution is 2.48. The number of hydrogen-bond donors (Lipinski definition) is 3. The van der Waals surface area contributed by atoms with E-state index in [4.69, 9.17) is 0 Å². The van der Waals surface area contributed by atoms with Crippen LogP contribution in [0.15, 0.2) is 60.8 Å². The van der Waals surface area contributed by atoms with E-state index in [1.54, 1.807) is 48.7 Å². The van der Waals surface area contributed by atoms with Crippen molar-refractivity contribution in [1.82, 2.24) is 4.98 Å². The van der Waals surface area contributed by atoms with Gasteiger partial charge in [-0.15, -0.1) is 0 Å². The lowest BCUT2D eigenvalue weighted by atomic mass is 9.82. The van der Waals surface area contributed by atoms with E-state index in [0.717, 1.165) is 0 Å². The van der Waals surface area contributed by atoms with Crippen LogP contribution in [0.25, 0.3) is 0 Å². The summed E-state index contributed by atoms with van der Waals surface area (Å²) in [6, 6.07) is 11.7. The summed E-state index contributed by atoms with van der Waals surface area (Å²) in [5, 5.41) is 15.0. The largest absolute Gasteiger partial charge is 0.481 e. The van der Waals surface area contributed by atoms with Crippen LogP contribution in [0, 0.1) is 23.7 Å². The first kappa shape index (κ1) is 17.9. The predicted molar refractivity (Wildman–Crippen MR) is 103 cm³/mol. The van der Waals surface area contributed by atoms with Crippen molar-refractivity contribution in [2.24, 2.45) is 23.7 Å². The summed E-state index contributed by atoms with van der Waals surface area (Å²) in [5.41, 5.74) is 0.949. The van der Waals surface area contributed by atoms with E-state index in [-0.39, 0.29) is 23.7 Å². The standard InChI is InChI=1S/C21H19N3O4/c25-19(24-16-3-1-2-10-22-16)12-6-8-15(9-7-12)23-20(26)17-13-4-5-14(11-13)18(17)21(27)28/h1-10,13-14,17-18H,11H2,(H,23,26)(H,27,28)(H,22,24,25)/t13-,14+,17+,18+/m0/s1. The molecule has 7 heteroatoms. The van der Waals surface area contributed by atoms with Crippen molar-refractivity contribution in [2.75, 3.05) is 10.6 Å². The molecule has 1 heterocycles. The molecule has 0 radical (unpaired) electrons. The summed E-state index contributed by atoms with van der Waals surface area (Å²) in [4.78, 5) is 40.5. The molecule has 2 amide bonds. The zero-order valence-electron chi connectivity index (χ0n) is 14.9. The summed E-state index contributed by atoms with van der Waals surface area (Å²) >= 11 is 0. The van der Waals surface area contributed by atoms with Gasteiger partial charge in [0.25, 0.3) is 5.91 Å². The number of anilines is 2. The summed E-state index contributed by atoms with van der Waals surface area (Å²) in [5.74, 6) is -2.44. The molecule has 2 bridgehead atoms. The van der Waals surface area contributed by atoms with Gasteiger partial charge in [0.1, 0.15) is 5.82 Å². The van der Waals surface area contributed by atoms with Crippen molar-refractivity contribution in [3.05, 3.63) is 66.4 Å². The quantitative estimate of drug-likeness (QED) is 0.695. The number of benzene rings is 1. The van der Waals surface area contributed by atoms with Gasteiger partial charge in [-0.2, -0.15) is 0 Å². The number of aliphatic carboxylic acids is 1. The molecule has 1 aromatic carbocycles. The van der Waals surface area contributed by atoms with Gasteiger partial charge in [-0.25, -0.2) is 4.98 Å². The van der Waals surface area contributed by atoms with Gasteiger partial charge < -0.3 is 15.7 Å². The highest BCUT2D eigenvalue weighted by Gasteiger charge is 2.51. The highest BCUT2D eigenvalue weighted by molar-refractivity contribution is 6.04. The summed E-state index contributed by atoms with van der Waals surface area (Å²) in [7, 11) is 0. The lowest BCUT2D eigenvalue weighted by Gasteiger charge is -2.23. The predicted octanol–water partition coefficient (Wildman–Crippen LogP) is 2.80. The number of carboxylic acids is 1. The number of amides is 2. The van der Waals surface area contributed by atoms with Crippen LogP contribution in [0.5, 0.6) is 0 Å². The molecule has 0 spiro atoms. The van der Waals surface area contributed by atoms with E-state index >= 15 is 0 Å². The SMILES string of the molecule is O=C(Nc1ccccn1)c1ccc(NC(=O)[C@H]2[C@H](C(=O)O)[C@@H]3C=C[C@H]2C3)cc1. The first-order valence-corrected chi connectivity index (χ1v) is 9.07. The zero-order chi connectivity index (χ0) is 19.7. The molecule has 7 nitrogen and oxygen atoms in total. The molecule has 2 aliphatic rings. The van der Waals surface area contributed by atoms with E-state index < -0.39 is 17.8 Å². The second-order valence-electron chi connectivity index (χ2n) is 7.07. The van der Waals surface area contributed by atoms with Crippen molar-refractivity contribution >= 4 is 29.3 Å². The summed E-state index contributed by atoms with van der Waals surface area (Å²) < 4.78 is 0. The summed E-state index contributed by atoms with van der Waals surface area (Å²) in [6.45, 7) is 0. The second kappa shape index (κ2) is 7.26. The third-order valence-corrected chi connectivity index (χ3v) is 5.37. The first-order chi connectivity index (χ1) is 13.5. The van der Waals surface area contributed by atoms with Gasteiger partial charge in [0.15, 0.2) is 0 Å². The van der Waals surface area contributed by atoms with Crippen molar-refractivity contribution in [3.63, 3.8) is 0 Å². The summed E-state index contributed by atoms with van der Waals surface area (Å²) in [6.07, 6.45) is 6.15. The Morgan fingerprint density at radius 3 is 2.29 bits per heavy atom. The number of allylic oxidation sites excluding steroid dienone is 2. The van der Waals surface area contributed by atoms with Gasteiger partial charge in [0.2, 0.25) is 5.91 Å². The highest BCUT2D eigenvalue weighted by atomic mass is 16.4. The fourth-order valence-corrected chi connectivity index (χ4v) is 4.07. The lowest BCUT2D eigenvalue weighted by molar-refractivity contribution is -0.146. The number of carboxylic acid groups (broad SMARTS) is 1. The lowest BCUT2D eigenvalue weighted by Crippen LogP contribution is -2.36. The molecule has 1 aromatic heterocycles. The minimum atomic E-state index is -0.932. The van der Waals surface area contributed by atoms with Gasteiger partial charge >= 0.3 is 5.97 Å². The molecule has 28 heavy (non-hydrogen) atoms. The van der Waals surface area contributed by atoms with Crippen LogP contribution in [0.4, 0.5) is 11.5 Å². The van der Waals surface area contributed by atoms with Gasteiger partial charge in [-0.1, -0.05) is 18.2 Å². The zero-order valence-corrected chi connectivity index (χ0v) is 14.9. The average Bonchev–Trinajstić information content (AvgIpc) is 3.31. The number of pyridine rings is 1. The Hall–Kier alpha value is -3.48. The molecule has 0 saturated heterocycles. The van der Waals surface area contributed by atoms with Crippen LogP contribution in [-0.4, -0.2) is 27.9 Å². The van der Waals surface area contributed by atoms with Crippen LogP contribution >= 0.6 is 0 Å². The molecule has 142 valence electrons. The number of carbonyl (C=O) groups excluding carboxylic acids is 2. The molecule has 4 atom stereocenters. The Balaban J connectivity index is 1.42. The van der Waals surface area contributed by atoms with Gasteiger partial charge in [-0.3, -0.25) is 14.4 Å². The van der Waals surface area contributed by atoms with Gasteiger partial charge in [0.05, 0.1) is 11.8 Å². The van der Waals surface area contributed by atoms with Crippen molar-refractivity contribution < 1.29 is 19.5 Å². The van der Waals surface area contributed by atoms with Crippen molar-refractivity contribution in [2.45, 2.75) is 6.42 Å². The minimum absolute atomic E-state index is 0.0328. The monoisotopic (exact) mass is 377 g/mol. The number of nitrogens with one attached hydrogen (secondary N) is 2. The van der Waals surface area contributed by atoms with Gasteiger partial charge in [0, 0.05) is 17.4 Å². The Morgan fingerprint density at radius 2 is 1.64 bits per heavy atom. The van der Waals surface area contributed by atoms with Crippen LogP contribution in [0.2, 0.25) is 0 Å². The maximum Gasteiger partial charge on any atom is 0.307 e. The Morgan fingerprint density at radius 1 is 0.929 bits per heavy atom. The van der Waals surface area contributed by atoms with Crippen LogP contribution in [0.1, 0.15) is 16.8 Å². The minimum Gasteiger partial charge on any atom is -0.481 e. The molecule has 2 aliphatic carbocycles. The molecular weight excluding hydrogens is 358 g/mol. The third kappa shape index (κ3) is 3.38. The Labute approximate surface area is 161 Å². The molecule has 0 unspecified atom stereocenters. The van der Waals surface area contributed by atoms with Crippen LogP contribution in [-0.2, 0) is 9.59 Å². The molecule has 1 saturated carbocycles. The van der Waals surface area contributed by atoms with Crippen molar-refractivity contribution in [1.29, 1.82) is 0 Å². The average molecular weight is 377 g/mol. The molecular formula is C21H19N3O4. The first-order valence-electron chi connectivity index (χ1n) is 9.07. The number of rotatable bonds is 5. The van der Waals surface area contributed by atoms with E-state index in [2.05, 4.69) is 15.6 Å². The fraction of sp³-hybridized carbons (Fsp3) is 0.238. The third-order valence-electron chi connectivity index (χ3n) is 5.37. The number of fused-ring (bicyclic) bond motifs is 2. The number of aromatic nitrogens is 1. The number of carbonyl (C=O) groups is 3. The molecule has 4 rings (SSSR count). The normalized spacial score (nSPS) is 24.7. The van der Waals surface area contributed by atoms with E-state index in [0.29, 0.717) is 23.5 Å². The van der Waals surface area contributed by atoms with E-state index in [1.807, 2.05) is 12.2 Å². The van der Waals surface area contributed by atoms with Crippen LogP contribution in [0.3, 0.4) is 0 Å². The van der Waals surface area contributed by atoms with Gasteiger partial charge in [-0.05, 0) is 54.7 Å². The smallest absolute Gasteiger partial charge is 0.307 e. The van der Waals surface area contributed by atoms with Crippen LogP contribution < -0.4 is 10.6 Å². The van der Waals surface area contributed by atoms with E-state index in [9.17, 15) is 19.5 Å². The second-order valence-corrected chi connectivity index (χ2v) is 7.07. The number of hydrogen-bond acceptors (Lipinski definition) is 4. The Bertz CT molecular complexity index is 940. The maximum atomic E-state index is 12.7. The van der Waals surface area contributed by atoms with Crippen molar-refractivity contribution in [3.8, 4) is 0 Å². The van der Waals surface area contributed by atoms with E-state index in [1.165, 1.54) is 0 Å². The molecule has 1 fully saturated rings.